The van der Waals surface area contributed by atoms with Gasteiger partial charge in [-0.25, -0.2) is 4.79 Å². The first-order chi connectivity index (χ1) is 6.06. The number of halogens is 1. The number of carbonyl (C=O) groups is 1. The maximum absolute atomic E-state index is 10.9. The molecule has 1 aromatic carbocycles. The van der Waals surface area contributed by atoms with Crippen LogP contribution >= 0.6 is 23.4 Å². The minimum atomic E-state index is -0.904. The van der Waals surface area contributed by atoms with Gasteiger partial charge in [-0.3, -0.25) is 0 Å². The molecular weight excluding hydrogens is 208 g/mol. The molecule has 0 aromatic heterocycles. The quantitative estimate of drug-likeness (QED) is 0.772. The van der Waals surface area contributed by atoms with Gasteiger partial charge in [-0.05, 0) is 30.9 Å². The molecule has 0 aliphatic heterocycles. The molecular formula is C9H9ClO2S. The van der Waals surface area contributed by atoms with Crippen molar-refractivity contribution in [3.05, 3.63) is 28.3 Å². The minimum absolute atomic E-state index is 0.344. The molecule has 1 N–H and O–H groups in total. The molecule has 0 aliphatic carbocycles. The molecule has 0 atom stereocenters. The summed E-state index contributed by atoms with van der Waals surface area (Å²) in [4.78, 5) is 11.6. The van der Waals surface area contributed by atoms with Crippen molar-refractivity contribution in [3.63, 3.8) is 0 Å². The molecule has 0 fully saturated rings. The molecule has 0 aliphatic rings. The highest BCUT2D eigenvalue weighted by Crippen LogP contribution is 2.27. The molecule has 0 saturated heterocycles. The van der Waals surface area contributed by atoms with Crippen LogP contribution in [-0.2, 0) is 0 Å². The Morgan fingerprint density at radius 2 is 2.15 bits per heavy atom. The summed E-state index contributed by atoms with van der Waals surface area (Å²) in [6, 6.07) is 3.33. The standard InChI is InChI=1S/C9H9ClO2S/c1-5-3-6(10)4-7(13-2)8(5)9(11)12/h3-4H,1-2H3,(H,11,12). The van der Waals surface area contributed by atoms with Crippen LogP contribution in [0.3, 0.4) is 0 Å². The summed E-state index contributed by atoms with van der Waals surface area (Å²) in [6.07, 6.45) is 1.83. The molecule has 4 heteroatoms. The average molecular weight is 217 g/mol. The molecule has 1 aromatic rings. The molecule has 70 valence electrons. The molecule has 1 rings (SSSR count). The molecule has 13 heavy (non-hydrogen) atoms. The maximum Gasteiger partial charge on any atom is 0.337 e. The van der Waals surface area contributed by atoms with Crippen molar-refractivity contribution in [2.24, 2.45) is 0 Å². The van der Waals surface area contributed by atoms with Crippen LogP contribution < -0.4 is 0 Å². The van der Waals surface area contributed by atoms with E-state index in [1.54, 1.807) is 19.1 Å². The smallest absolute Gasteiger partial charge is 0.337 e. The Kier molecular flexibility index (Phi) is 3.22. The lowest BCUT2D eigenvalue weighted by Gasteiger charge is -2.06. The Morgan fingerprint density at radius 1 is 1.54 bits per heavy atom. The Bertz CT molecular complexity index is 350. The minimum Gasteiger partial charge on any atom is -0.478 e. The van der Waals surface area contributed by atoms with Crippen molar-refractivity contribution in [1.82, 2.24) is 0 Å². The summed E-state index contributed by atoms with van der Waals surface area (Å²) in [5, 5.41) is 9.49. The number of benzene rings is 1. The van der Waals surface area contributed by atoms with Gasteiger partial charge >= 0.3 is 5.97 Å². The summed E-state index contributed by atoms with van der Waals surface area (Å²) >= 11 is 7.19. The van der Waals surface area contributed by atoms with Crippen LogP contribution in [0.2, 0.25) is 5.02 Å². The SMILES string of the molecule is CSc1cc(Cl)cc(C)c1C(=O)O. The molecule has 0 unspecified atom stereocenters. The van der Waals surface area contributed by atoms with Gasteiger partial charge in [-0.2, -0.15) is 0 Å². The van der Waals surface area contributed by atoms with Crippen LogP contribution in [0.5, 0.6) is 0 Å². The Morgan fingerprint density at radius 3 is 2.62 bits per heavy atom. The van der Waals surface area contributed by atoms with Crippen molar-refractivity contribution >= 4 is 29.3 Å². The third-order valence-corrected chi connectivity index (χ3v) is 2.68. The number of aromatic carboxylic acids is 1. The summed E-state index contributed by atoms with van der Waals surface area (Å²) in [5.74, 6) is -0.904. The van der Waals surface area contributed by atoms with Crippen LogP contribution in [0.15, 0.2) is 17.0 Å². The third-order valence-electron chi connectivity index (χ3n) is 1.70. The van der Waals surface area contributed by atoms with E-state index in [0.717, 1.165) is 0 Å². The van der Waals surface area contributed by atoms with Crippen LogP contribution in [0.1, 0.15) is 15.9 Å². The zero-order chi connectivity index (χ0) is 10.0. The van der Waals surface area contributed by atoms with Gasteiger partial charge in [0.15, 0.2) is 0 Å². The Balaban J connectivity index is 3.38. The molecule has 0 amide bonds. The largest absolute Gasteiger partial charge is 0.478 e. The summed E-state index contributed by atoms with van der Waals surface area (Å²) in [6.45, 7) is 1.75. The fraction of sp³-hybridized carbons (Fsp3) is 0.222. The van der Waals surface area contributed by atoms with E-state index < -0.39 is 5.97 Å². The number of rotatable bonds is 2. The highest BCUT2D eigenvalue weighted by Gasteiger charge is 2.13. The normalized spacial score (nSPS) is 10.1. The van der Waals surface area contributed by atoms with Gasteiger partial charge in [0.2, 0.25) is 0 Å². The summed E-state index contributed by atoms with van der Waals surface area (Å²) in [7, 11) is 0. The van der Waals surface area contributed by atoms with E-state index in [9.17, 15) is 4.79 Å². The maximum atomic E-state index is 10.9. The number of aryl methyl sites for hydroxylation is 1. The second-order valence-corrected chi connectivity index (χ2v) is 3.89. The Hall–Kier alpha value is -0.670. The van der Waals surface area contributed by atoms with Gasteiger partial charge in [0.05, 0.1) is 5.56 Å². The summed E-state index contributed by atoms with van der Waals surface area (Å²) in [5.41, 5.74) is 1.04. The topological polar surface area (TPSA) is 37.3 Å². The van der Waals surface area contributed by atoms with Gasteiger partial charge in [-0.1, -0.05) is 11.6 Å². The van der Waals surface area contributed by atoms with E-state index in [1.165, 1.54) is 11.8 Å². The predicted octanol–water partition coefficient (Wildman–Crippen LogP) is 3.07. The molecule has 2 nitrogen and oxygen atoms in total. The van der Waals surface area contributed by atoms with E-state index in [0.29, 0.717) is 21.0 Å². The molecule has 0 heterocycles. The van der Waals surface area contributed by atoms with E-state index in [-0.39, 0.29) is 0 Å². The monoisotopic (exact) mass is 216 g/mol. The summed E-state index contributed by atoms with van der Waals surface area (Å²) < 4.78 is 0. The highest BCUT2D eigenvalue weighted by atomic mass is 35.5. The predicted molar refractivity (Wildman–Crippen MR) is 54.9 cm³/mol. The van der Waals surface area contributed by atoms with Crippen molar-refractivity contribution in [1.29, 1.82) is 0 Å². The zero-order valence-electron chi connectivity index (χ0n) is 7.30. The second-order valence-electron chi connectivity index (χ2n) is 2.61. The van der Waals surface area contributed by atoms with Crippen molar-refractivity contribution < 1.29 is 9.90 Å². The van der Waals surface area contributed by atoms with Crippen LogP contribution in [-0.4, -0.2) is 17.3 Å². The van der Waals surface area contributed by atoms with Crippen molar-refractivity contribution in [2.45, 2.75) is 11.8 Å². The van der Waals surface area contributed by atoms with Gasteiger partial charge in [0.25, 0.3) is 0 Å². The van der Waals surface area contributed by atoms with Crippen molar-refractivity contribution in [3.8, 4) is 0 Å². The van der Waals surface area contributed by atoms with Crippen LogP contribution in [0, 0.1) is 6.92 Å². The molecule has 0 radical (unpaired) electrons. The number of carboxylic acids is 1. The number of hydrogen-bond acceptors (Lipinski definition) is 2. The van der Waals surface area contributed by atoms with Gasteiger partial charge in [0.1, 0.15) is 0 Å². The second kappa shape index (κ2) is 4.03. The van der Waals surface area contributed by atoms with Gasteiger partial charge < -0.3 is 5.11 Å². The lowest BCUT2D eigenvalue weighted by Crippen LogP contribution is -2.01. The number of thioether (sulfide) groups is 1. The van der Waals surface area contributed by atoms with E-state index in [2.05, 4.69) is 0 Å². The molecule has 0 bridgehead atoms. The average Bonchev–Trinajstić information content (AvgIpc) is 2.01. The number of hydrogen-bond donors (Lipinski definition) is 1. The third kappa shape index (κ3) is 2.17. The van der Waals surface area contributed by atoms with Crippen LogP contribution in [0.4, 0.5) is 0 Å². The van der Waals surface area contributed by atoms with Gasteiger partial charge in [0, 0.05) is 9.92 Å². The van der Waals surface area contributed by atoms with Crippen LogP contribution in [0.25, 0.3) is 0 Å². The lowest BCUT2D eigenvalue weighted by atomic mass is 10.1. The van der Waals surface area contributed by atoms with Crippen molar-refractivity contribution in [2.75, 3.05) is 6.26 Å². The van der Waals surface area contributed by atoms with Gasteiger partial charge in [-0.15, -0.1) is 11.8 Å². The molecule has 0 spiro atoms. The van der Waals surface area contributed by atoms with E-state index in [4.69, 9.17) is 16.7 Å². The fourth-order valence-electron chi connectivity index (χ4n) is 1.15. The lowest BCUT2D eigenvalue weighted by molar-refractivity contribution is 0.0692. The number of carboxylic acid groups (broad SMARTS) is 1. The first-order valence-corrected chi connectivity index (χ1v) is 5.24. The fourth-order valence-corrected chi connectivity index (χ4v) is 2.18. The highest BCUT2D eigenvalue weighted by molar-refractivity contribution is 7.98. The zero-order valence-corrected chi connectivity index (χ0v) is 8.87. The molecule has 0 saturated carbocycles. The first-order valence-electron chi connectivity index (χ1n) is 3.63. The first kappa shape index (κ1) is 10.4. The Labute approximate surface area is 85.9 Å². The van der Waals surface area contributed by atoms with E-state index >= 15 is 0 Å². The van der Waals surface area contributed by atoms with E-state index in [1.807, 2.05) is 6.26 Å².